The Morgan fingerprint density at radius 2 is 1.73 bits per heavy atom. The van der Waals surface area contributed by atoms with Crippen molar-refractivity contribution in [3.8, 4) is 0 Å². The van der Waals surface area contributed by atoms with Crippen molar-refractivity contribution in [3.63, 3.8) is 0 Å². The molecule has 5 rings (SSSR count). The minimum absolute atomic E-state index is 0.183. The van der Waals surface area contributed by atoms with Crippen LogP contribution in [0.4, 0.5) is 10.7 Å². The number of fused-ring (bicyclic) bond motifs is 2. The Morgan fingerprint density at radius 3 is 2.55 bits per heavy atom. The van der Waals surface area contributed by atoms with E-state index < -0.39 is 5.25 Å². The number of hydrogen-bond acceptors (Lipinski definition) is 6. The van der Waals surface area contributed by atoms with E-state index in [1.54, 1.807) is 6.92 Å². The number of anilines is 2. The molecule has 1 aliphatic rings. The molecule has 40 heavy (non-hydrogen) atoms. The molecule has 1 unspecified atom stereocenters. The fraction of sp³-hybridized carbons (Fsp3) is 0.281. The molecule has 1 atom stereocenters. The number of aryl methyl sites for hydroxylation is 1. The third-order valence-corrected chi connectivity index (χ3v) is 9.22. The highest BCUT2D eigenvalue weighted by Crippen LogP contribution is 2.38. The van der Waals surface area contributed by atoms with E-state index in [1.165, 1.54) is 28.0 Å². The zero-order valence-electron chi connectivity index (χ0n) is 22.6. The third-order valence-electron chi connectivity index (χ3n) is 6.92. The zero-order valence-corrected chi connectivity index (χ0v) is 24.3. The molecule has 0 fully saturated rings. The predicted molar refractivity (Wildman–Crippen MR) is 164 cm³/mol. The molecular formula is C32H32N2O4S2. The fourth-order valence-electron chi connectivity index (χ4n) is 4.90. The van der Waals surface area contributed by atoms with Crippen LogP contribution in [0, 0.1) is 0 Å². The average Bonchev–Trinajstić information content (AvgIpc) is 3.12. The topological polar surface area (TPSA) is 84.5 Å². The Bertz CT molecular complexity index is 1560. The summed E-state index contributed by atoms with van der Waals surface area (Å²) in [7, 11) is 0. The predicted octanol–water partition coefficient (Wildman–Crippen LogP) is 7.72. The van der Waals surface area contributed by atoms with Crippen LogP contribution < -0.4 is 10.6 Å². The molecule has 3 aromatic carbocycles. The normalized spacial score (nSPS) is 13.7. The van der Waals surface area contributed by atoms with E-state index in [4.69, 9.17) is 4.74 Å². The lowest BCUT2D eigenvalue weighted by Gasteiger charge is -2.14. The van der Waals surface area contributed by atoms with Crippen molar-refractivity contribution in [1.29, 1.82) is 0 Å². The monoisotopic (exact) mass is 572 g/mol. The Hall–Kier alpha value is -3.62. The van der Waals surface area contributed by atoms with Gasteiger partial charge in [0.25, 0.3) is 5.91 Å². The van der Waals surface area contributed by atoms with Gasteiger partial charge in [0.15, 0.2) is 0 Å². The minimum atomic E-state index is -0.427. The van der Waals surface area contributed by atoms with Crippen molar-refractivity contribution in [2.75, 3.05) is 17.2 Å². The number of carbonyl (C=O) groups is 3. The van der Waals surface area contributed by atoms with Crippen molar-refractivity contribution in [1.82, 2.24) is 0 Å². The van der Waals surface area contributed by atoms with Crippen LogP contribution in [0.25, 0.3) is 10.8 Å². The van der Waals surface area contributed by atoms with Gasteiger partial charge < -0.3 is 15.4 Å². The molecule has 2 N–H and O–H groups in total. The summed E-state index contributed by atoms with van der Waals surface area (Å²) in [6, 6.07) is 21.0. The van der Waals surface area contributed by atoms with E-state index in [0.29, 0.717) is 21.8 Å². The Labute approximate surface area is 242 Å². The summed E-state index contributed by atoms with van der Waals surface area (Å²) in [6.45, 7) is 3.91. The lowest BCUT2D eigenvalue weighted by Crippen LogP contribution is -2.23. The molecule has 8 heteroatoms. The Morgan fingerprint density at radius 1 is 0.925 bits per heavy atom. The second-order valence-corrected chi connectivity index (χ2v) is 12.3. The largest absolute Gasteiger partial charge is 0.462 e. The highest BCUT2D eigenvalue weighted by atomic mass is 32.2. The lowest BCUT2D eigenvalue weighted by atomic mass is 10.1. The van der Waals surface area contributed by atoms with Crippen LogP contribution in [0.1, 0.15) is 64.3 Å². The molecule has 0 saturated carbocycles. The molecule has 2 amide bonds. The standard InChI is InChI=1S/C32H32N2O4S2/c1-3-38-32(37)28-26-14-5-4-6-15-27(26)40-31(28)34-29(35)20(2)39-25-13-9-12-24(19-25)33-30(36)23-17-16-21-10-7-8-11-22(21)18-23/h7-13,16-20H,3-6,14-15H2,1-2H3,(H,33,36)(H,34,35). The van der Waals surface area contributed by atoms with Gasteiger partial charge in [0.05, 0.1) is 17.4 Å². The Kier molecular flexibility index (Phi) is 8.87. The van der Waals surface area contributed by atoms with Crippen LogP contribution in [0.3, 0.4) is 0 Å². The smallest absolute Gasteiger partial charge is 0.341 e. The number of thioether (sulfide) groups is 1. The molecule has 0 radical (unpaired) electrons. The third kappa shape index (κ3) is 6.40. The van der Waals surface area contributed by atoms with Gasteiger partial charge in [-0.2, -0.15) is 0 Å². The number of hydrogen-bond donors (Lipinski definition) is 2. The quantitative estimate of drug-likeness (QED) is 0.128. The molecule has 4 aromatic rings. The summed E-state index contributed by atoms with van der Waals surface area (Å²) in [5, 5.41) is 8.23. The van der Waals surface area contributed by atoms with Gasteiger partial charge in [-0.05, 0) is 86.2 Å². The molecule has 1 heterocycles. The molecule has 0 bridgehead atoms. The van der Waals surface area contributed by atoms with Gasteiger partial charge in [0.2, 0.25) is 5.91 Å². The van der Waals surface area contributed by atoms with E-state index in [0.717, 1.165) is 53.3 Å². The molecule has 206 valence electrons. The van der Waals surface area contributed by atoms with Crippen LogP contribution in [-0.4, -0.2) is 29.6 Å². The molecule has 6 nitrogen and oxygen atoms in total. The van der Waals surface area contributed by atoms with Gasteiger partial charge in [-0.3, -0.25) is 9.59 Å². The molecular weight excluding hydrogens is 540 g/mol. The number of nitrogens with one attached hydrogen (secondary N) is 2. The maximum atomic E-state index is 13.2. The van der Waals surface area contributed by atoms with Crippen molar-refractivity contribution in [2.24, 2.45) is 0 Å². The minimum Gasteiger partial charge on any atom is -0.462 e. The first-order valence-electron chi connectivity index (χ1n) is 13.6. The van der Waals surface area contributed by atoms with Gasteiger partial charge >= 0.3 is 5.97 Å². The molecule has 0 spiro atoms. The first-order chi connectivity index (χ1) is 19.4. The highest BCUT2D eigenvalue weighted by molar-refractivity contribution is 8.00. The first-order valence-corrected chi connectivity index (χ1v) is 15.3. The number of benzene rings is 3. The number of carbonyl (C=O) groups excluding carboxylic acids is 3. The number of esters is 1. The van der Waals surface area contributed by atoms with E-state index in [9.17, 15) is 14.4 Å². The van der Waals surface area contributed by atoms with Crippen molar-refractivity contribution < 1.29 is 19.1 Å². The van der Waals surface area contributed by atoms with E-state index >= 15 is 0 Å². The number of thiophene rings is 1. The highest BCUT2D eigenvalue weighted by Gasteiger charge is 2.27. The number of amides is 2. The molecule has 0 aliphatic heterocycles. The van der Waals surface area contributed by atoms with E-state index in [-0.39, 0.29) is 24.4 Å². The first kappa shape index (κ1) is 27.9. The summed E-state index contributed by atoms with van der Waals surface area (Å²) >= 11 is 2.90. The summed E-state index contributed by atoms with van der Waals surface area (Å²) in [6.07, 6.45) is 5.01. The summed E-state index contributed by atoms with van der Waals surface area (Å²) in [5.74, 6) is -0.743. The average molecular weight is 573 g/mol. The SMILES string of the molecule is CCOC(=O)c1c(NC(=O)C(C)Sc2cccc(NC(=O)c3ccc4ccccc4c3)c2)sc2c1CCCCC2. The van der Waals surface area contributed by atoms with E-state index in [2.05, 4.69) is 10.6 Å². The van der Waals surface area contributed by atoms with Crippen molar-refractivity contribution >= 4 is 62.3 Å². The molecule has 1 aromatic heterocycles. The lowest BCUT2D eigenvalue weighted by molar-refractivity contribution is -0.115. The Balaban J connectivity index is 1.26. The second-order valence-electron chi connectivity index (χ2n) is 9.78. The fourth-order valence-corrected chi connectivity index (χ4v) is 7.11. The van der Waals surface area contributed by atoms with Gasteiger partial charge in [-0.1, -0.05) is 42.8 Å². The molecule has 0 saturated heterocycles. The maximum Gasteiger partial charge on any atom is 0.341 e. The van der Waals surface area contributed by atoms with Crippen LogP contribution in [-0.2, 0) is 22.4 Å². The van der Waals surface area contributed by atoms with Gasteiger partial charge in [-0.25, -0.2) is 4.79 Å². The number of rotatable bonds is 8. The number of ether oxygens (including phenoxy) is 1. The van der Waals surface area contributed by atoms with Crippen LogP contribution in [0.5, 0.6) is 0 Å². The summed E-state index contributed by atoms with van der Waals surface area (Å²) in [4.78, 5) is 41.0. The summed E-state index contributed by atoms with van der Waals surface area (Å²) in [5.41, 5.74) is 2.79. The van der Waals surface area contributed by atoms with Crippen LogP contribution in [0.15, 0.2) is 71.6 Å². The van der Waals surface area contributed by atoms with Gasteiger partial charge in [0, 0.05) is 21.0 Å². The maximum absolute atomic E-state index is 13.2. The van der Waals surface area contributed by atoms with Crippen molar-refractivity contribution in [3.05, 3.63) is 88.3 Å². The molecule has 1 aliphatic carbocycles. The van der Waals surface area contributed by atoms with Gasteiger partial charge in [-0.15, -0.1) is 23.1 Å². The van der Waals surface area contributed by atoms with Crippen molar-refractivity contribution in [2.45, 2.75) is 56.1 Å². The van der Waals surface area contributed by atoms with Gasteiger partial charge in [0.1, 0.15) is 5.00 Å². The van der Waals surface area contributed by atoms with E-state index in [1.807, 2.05) is 73.7 Å². The zero-order chi connectivity index (χ0) is 28.1. The van der Waals surface area contributed by atoms with Crippen LogP contribution >= 0.6 is 23.1 Å². The summed E-state index contributed by atoms with van der Waals surface area (Å²) < 4.78 is 5.35. The van der Waals surface area contributed by atoms with Crippen LogP contribution in [0.2, 0.25) is 0 Å². The second kappa shape index (κ2) is 12.7.